The van der Waals surface area contributed by atoms with Crippen LogP contribution in [0.1, 0.15) is 31.5 Å². The summed E-state index contributed by atoms with van der Waals surface area (Å²) < 4.78 is 13.7. The van der Waals surface area contributed by atoms with E-state index in [1.807, 2.05) is 78.3 Å². The molecule has 0 spiro atoms. The lowest BCUT2D eigenvalue weighted by atomic mass is 10.0. The number of benzene rings is 2. The summed E-state index contributed by atoms with van der Waals surface area (Å²) in [5.74, 6) is 1.47. The van der Waals surface area contributed by atoms with E-state index in [4.69, 9.17) is 9.47 Å². The Bertz CT molecular complexity index is 1730. The highest BCUT2D eigenvalue weighted by Gasteiger charge is 2.29. The average molecular weight is 521 g/mol. The fraction of sp³-hybridized carbons (Fsp3) is 0.207. The highest BCUT2D eigenvalue weighted by Crippen LogP contribution is 2.28. The second kappa shape index (κ2) is 10.1. The smallest absolute Gasteiger partial charge is 0.289 e. The Balaban J connectivity index is 1.16. The first-order valence-electron chi connectivity index (χ1n) is 12.7. The average Bonchev–Trinajstić information content (AvgIpc) is 3.57. The predicted molar refractivity (Wildman–Crippen MR) is 152 cm³/mol. The van der Waals surface area contributed by atoms with Crippen LogP contribution in [0, 0.1) is 6.92 Å². The van der Waals surface area contributed by atoms with E-state index >= 15 is 0 Å². The minimum atomic E-state index is -0.184. The molecule has 2 N–H and O–H groups in total. The molecule has 0 saturated heterocycles. The number of hydrogen-bond acceptors (Lipinski definition) is 9. The Hall–Kier alpha value is -4.99. The Kier molecular flexibility index (Phi) is 6.28. The number of amidine groups is 1. The van der Waals surface area contributed by atoms with Gasteiger partial charge in [0, 0.05) is 35.2 Å². The molecule has 1 aliphatic rings. The van der Waals surface area contributed by atoms with Gasteiger partial charge in [-0.2, -0.15) is 0 Å². The zero-order valence-corrected chi connectivity index (χ0v) is 21.9. The number of fused-ring (bicyclic) bond motifs is 2. The molecule has 6 rings (SSSR count). The van der Waals surface area contributed by atoms with Gasteiger partial charge in [-0.15, -0.1) is 10.2 Å². The van der Waals surface area contributed by atoms with Crippen molar-refractivity contribution in [2.45, 2.75) is 32.7 Å². The Morgan fingerprint density at radius 3 is 2.85 bits per heavy atom. The van der Waals surface area contributed by atoms with Crippen LogP contribution in [0.4, 0.5) is 11.4 Å². The molecule has 3 aromatic heterocycles. The van der Waals surface area contributed by atoms with Crippen molar-refractivity contribution >= 4 is 40.0 Å². The summed E-state index contributed by atoms with van der Waals surface area (Å²) in [4.78, 5) is 13.6. The Morgan fingerprint density at radius 2 is 2.00 bits per heavy atom. The number of rotatable bonds is 7. The van der Waals surface area contributed by atoms with Crippen molar-refractivity contribution in [3.8, 4) is 11.5 Å². The van der Waals surface area contributed by atoms with Crippen molar-refractivity contribution in [3.05, 3.63) is 84.8 Å². The third kappa shape index (κ3) is 5.22. The van der Waals surface area contributed by atoms with Crippen LogP contribution < -0.4 is 15.4 Å². The van der Waals surface area contributed by atoms with Crippen LogP contribution in [-0.2, 0) is 4.74 Å². The standard InChI is InChI=1S/C29H28N8O2/c1-4-29(3)16-38-28(35-29)34-21-5-7-24-23(14-21)25(32-17-31-24)9-11-30-20-6-8-26(19(2)13-20)39-22-10-12-37-18-33-36-27(37)15-22/h5-15,17-18,30H,4,16H2,1-3H3,(H,34,35)/b11-9-. The monoisotopic (exact) mass is 520 g/mol. The molecule has 2 aromatic carbocycles. The van der Waals surface area contributed by atoms with E-state index in [-0.39, 0.29) is 5.54 Å². The molecule has 1 aliphatic heterocycles. The third-order valence-corrected chi connectivity index (χ3v) is 6.74. The third-order valence-electron chi connectivity index (χ3n) is 6.74. The van der Waals surface area contributed by atoms with E-state index in [2.05, 4.69) is 49.6 Å². The Morgan fingerprint density at radius 1 is 1.10 bits per heavy atom. The topological polar surface area (TPSA) is 111 Å². The number of aromatic nitrogens is 5. The van der Waals surface area contributed by atoms with Crippen molar-refractivity contribution in [1.29, 1.82) is 0 Å². The summed E-state index contributed by atoms with van der Waals surface area (Å²) >= 11 is 0. The first kappa shape index (κ1) is 24.4. The maximum Gasteiger partial charge on any atom is 0.289 e. The van der Waals surface area contributed by atoms with Crippen LogP contribution in [-0.4, -0.2) is 42.7 Å². The molecular weight excluding hydrogens is 492 g/mol. The van der Waals surface area contributed by atoms with E-state index in [1.54, 1.807) is 12.7 Å². The number of hydrogen-bond donors (Lipinski definition) is 2. The highest BCUT2D eigenvalue weighted by molar-refractivity contribution is 5.95. The van der Waals surface area contributed by atoms with Crippen LogP contribution in [0.3, 0.4) is 0 Å². The fourth-order valence-corrected chi connectivity index (χ4v) is 4.25. The minimum absolute atomic E-state index is 0.184. The molecule has 39 heavy (non-hydrogen) atoms. The van der Waals surface area contributed by atoms with Gasteiger partial charge in [0.1, 0.15) is 30.8 Å². The molecule has 0 aliphatic carbocycles. The molecule has 0 fully saturated rings. The van der Waals surface area contributed by atoms with Crippen molar-refractivity contribution in [1.82, 2.24) is 24.6 Å². The number of pyridine rings is 1. The number of aryl methyl sites for hydroxylation is 1. The van der Waals surface area contributed by atoms with Crippen LogP contribution in [0.25, 0.3) is 22.6 Å². The Labute approximate surface area is 225 Å². The van der Waals surface area contributed by atoms with Crippen LogP contribution in [0.5, 0.6) is 11.5 Å². The maximum absolute atomic E-state index is 6.07. The molecule has 10 nitrogen and oxygen atoms in total. The first-order chi connectivity index (χ1) is 19.0. The van der Waals surface area contributed by atoms with Gasteiger partial charge in [0.2, 0.25) is 0 Å². The molecule has 5 aromatic rings. The maximum atomic E-state index is 6.07. The van der Waals surface area contributed by atoms with Crippen molar-refractivity contribution in [3.63, 3.8) is 0 Å². The van der Waals surface area contributed by atoms with Crippen molar-refractivity contribution in [2.24, 2.45) is 4.99 Å². The van der Waals surface area contributed by atoms with Gasteiger partial charge in [0.05, 0.1) is 16.7 Å². The van der Waals surface area contributed by atoms with Gasteiger partial charge in [-0.25, -0.2) is 15.0 Å². The summed E-state index contributed by atoms with van der Waals surface area (Å²) in [7, 11) is 0. The van der Waals surface area contributed by atoms with Gasteiger partial charge in [0.25, 0.3) is 6.02 Å². The number of anilines is 2. The van der Waals surface area contributed by atoms with Crippen LogP contribution >= 0.6 is 0 Å². The van der Waals surface area contributed by atoms with E-state index in [0.717, 1.165) is 51.4 Å². The van der Waals surface area contributed by atoms with Gasteiger partial charge in [-0.05, 0) is 74.4 Å². The van der Waals surface area contributed by atoms with E-state index in [9.17, 15) is 0 Å². The molecule has 0 bridgehead atoms. The van der Waals surface area contributed by atoms with Gasteiger partial charge < -0.3 is 20.1 Å². The summed E-state index contributed by atoms with van der Waals surface area (Å²) in [5.41, 5.74) is 4.99. The number of aliphatic imine (C=N–C) groups is 1. The molecule has 4 heterocycles. The summed E-state index contributed by atoms with van der Waals surface area (Å²) in [5, 5.41) is 15.5. The van der Waals surface area contributed by atoms with E-state index < -0.39 is 0 Å². The van der Waals surface area contributed by atoms with Gasteiger partial charge >= 0.3 is 0 Å². The molecular formula is C29H28N8O2. The van der Waals surface area contributed by atoms with Gasteiger partial charge in [-0.1, -0.05) is 6.92 Å². The summed E-state index contributed by atoms with van der Waals surface area (Å²) in [6, 6.07) is 16.1. The lowest BCUT2D eigenvalue weighted by molar-refractivity contribution is 0.262. The van der Waals surface area contributed by atoms with Crippen molar-refractivity contribution in [2.75, 3.05) is 17.2 Å². The summed E-state index contributed by atoms with van der Waals surface area (Å²) in [6.45, 7) is 6.79. The van der Waals surface area contributed by atoms with Crippen LogP contribution in [0.15, 0.2) is 78.6 Å². The van der Waals surface area contributed by atoms with Gasteiger partial charge in [-0.3, -0.25) is 4.40 Å². The quantitative estimate of drug-likeness (QED) is 0.276. The number of ether oxygens (including phenoxy) is 2. The van der Waals surface area contributed by atoms with Gasteiger partial charge in [0.15, 0.2) is 5.65 Å². The van der Waals surface area contributed by atoms with E-state index in [1.165, 1.54) is 0 Å². The minimum Gasteiger partial charge on any atom is -0.462 e. The zero-order valence-electron chi connectivity index (χ0n) is 21.9. The molecule has 0 amide bonds. The first-order valence-corrected chi connectivity index (χ1v) is 12.7. The lowest BCUT2D eigenvalue weighted by Crippen LogP contribution is -2.21. The number of nitrogens with one attached hydrogen (secondary N) is 2. The fourth-order valence-electron chi connectivity index (χ4n) is 4.25. The van der Waals surface area contributed by atoms with Crippen LogP contribution in [0.2, 0.25) is 0 Å². The molecule has 1 atom stereocenters. The normalized spacial score (nSPS) is 16.9. The molecule has 196 valence electrons. The second-order valence-electron chi connectivity index (χ2n) is 9.69. The largest absolute Gasteiger partial charge is 0.462 e. The van der Waals surface area contributed by atoms with E-state index in [0.29, 0.717) is 18.4 Å². The molecule has 0 saturated carbocycles. The second-order valence-corrected chi connectivity index (χ2v) is 9.69. The number of nitrogens with zero attached hydrogens (tertiary/aromatic N) is 6. The summed E-state index contributed by atoms with van der Waals surface area (Å²) in [6.07, 6.45) is 9.81. The lowest BCUT2D eigenvalue weighted by Gasteiger charge is -2.13. The SMILES string of the molecule is CCC1(C)COC(Nc2ccc3ncnc(/C=C\Nc4ccc(Oc5ccn6cnnc6c5)c(C)c4)c3c2)=N1. The molecule has 10 heteroatoms. The molecule has 0 radical (unpaired) electrons. The van der Waals surface area contributed by atoms with Crippen molar-refractivity contribution < 1.29 is 9.47 Å². The highest BCUT2D eigenvalue weighted by atomic mass is 16.5. The zero-order chi connectivity index (χ0) is 26.8. The predicted octanol–water partition coefficient (Wildman–Crippen LogP) is 5.82. The molecule has 1 unspecified atom stereocenters.